The second-order valence-electron chi connectivity index (χ2n) is 7.07. The SMILES string of the molecule is Cn1cc(C(=O)Nc2ccc(F)c(C(F)(F)F)c2)c2[nH]c(=O)n(-c3ccc(F)cc3)c(=O)c21. The number of H-pyrrole nitrogens is 1. The lowest BCUT2D eigenvalue weighted by Crippen LogP contribution is -2.34. The molecule has 4 rings (SSSR count). The van der Waals surface area contributed by atoms with Crippen LogP contribution in [0.15, 0.2) is 58.3 Å². The summed E-state index contributed by atoms with van der Waals surface area (Å²) in [6, 6.07) is 6.51. The van der Waals surface area contributed by atoms with Gasteiger partial charge in [-0.25, -0.2) is 18.1 Å². The fourth-order valence-corrected chi connectivity index (χ4v) is 3.39. The fourth-order valence-electron chi connectivity index (χ4n) is 3.39. The van der Waals surface area contributed by atoms with Gasteiger partial charge in [-0.05, 0) is 42.5 Å². The van der Waals surface area contributed by atoms with E-state index in [-0.39, 0.29) is 28.0 Å². The molecule has 0 aliphatic carbocycles. The number of hydrogen-bond acceptors (Lipinski definition) is 3. The number of hydrogen-bond donors (Lipinski definition) is 2. The smallest absolute Gasteiger partial charge is 0.344 e. The molecule has 0 atom stereocenters. The van der Waals surface area contributed by atoms with Gasteiger partial charge in [0.25, 0.3) is 11.5 Å². The van der Waals surface area contributed by atoms with Crippen LogP contribution in [0.1, 0.15) is 15.9 Å². The zero-order chi connectivity index (χ0) is 24.1. The van der Waals surface area contributed by atoms with Gasteiger partial charge in [-0.2, -0.15) is 13.2 Å². The molecule has 2 heterocycles. The standard InChI is InChI=1S/C21H13F5N4O3/c1-29-9-13(18(31)27-11-4-7-15(23)14(8-11)21(24,25)26)16-17(29)19(32)30(20(33)28-16)12-5-2-10(22)3-6-12/h2-9H,1H3,(H,27,31)(H,28,33). The van der Waals surface area contributed by atoms with Gasteiger partial charge in [0.15, 0.2) is 0 Å². The minimum absolute atomic E-state index is 0.0841. The number of anilines is 1. The molecule has 1 amide bonds. The number of nitrogens with zero attached hydrogens (tertiary/aromatic N) is 2. The predicted molar refractivity (Wildman–Crippen MR) is 108 cm³/mol. The van der Waals surface area contributed by atoms with E-state index in [2.05, 4.69) is 10.3 Å². The van der Waals surface area contributed by atoms with Crippen LogP contribution in [0.4, 0.5) is 27.6 Å². The molecule has 0 aliphatic rings. The normalized spacial score (nSPS) is 11.7. The molecule has 0 bridgehead atoms. The van der Waals surface area contributed by atoms with Gasteiger partial charge in [0.05, 0.1) is 22.3 Å². The molecule has 4 aromatic rings. The first kappa shape index (κ1) is 22.0. The third-order valence-corrected chi connectivity index (χ3v) is 4.88. The van der Waals surface area contributed by atoms with Crippen molar-refractivity contribution in [3.05, 3.63) is 92.3 Å². The molecule has 2 aromatic heterocycles. The average Bonchev–Trinajstić information content (AvgIpc) is 3.06. The summed E-state index contributed by atoms with van der Waals surface area (Å²) < 4.78 is 67.5. The highest BCUT2D eigenvalue weighted by Gasteiger charge is 2.34. The Labute approximate surface area is 180 Å². The molecule has 33 heavy (non-hydrogen) atoms. The van der Waals surface area contributed by atoms with Crippen molar-refractivity contribution in [3.8, 4) is 5.69 Å². The van der Waals surface area contributed by atoms with E-state index in [4.69, 9.17) is 0 Å². The summed E-state index contributed by atoms with van der Waals surface area (Å²) >= 11 is 0. The zero-order valence-corrected chi connectivity index (χ0v) is 16.6. The lowest BCUT2D eigenvalue weighted by molar-refractivity contribution is -0.139. The second-order valence-corrected chi connectivity index (χ2v) is 7.07. The Balaban J connectivity index is 1.79. The number of carbonyl (C=O) groups is 1. The van der Waals surface area contributed by atoms with Crippen LogP contribution in [0, 0.1) is 11.6 Å². The maximum Gasteiger partial charge on any atom is 0.419 e. The Morgan fingerprint density at radius 3 is 2.33 bits per heavy atom. The van der Waals surface area contributed by atoms with Crippen molar-refractivity contribution in [1.29, 1.82) is 0 Å². The van der Waals surface area contributed by atoms with E-state index in [1.54, 1.807) is 0 Å². The number of rotatable bonds is 3. The second kappa shape index (κ2) is 7.73. The van der Waals surface area contributed by atoms with Crippen LogP contribution in [-0.2, 0) is 13.2 Å². The number of alkyl halides is 3. The molecule has 0 saturated heterocycles. The summed E-state index contributed by atoms with van der Waals surface area (Å²) in [6.07, 6.45) is -3.76. The minimum Gasteiger partial charge on any atom is -0.344 e. The number of amides is 1. The molecule has 2 N–H and O–H groups in total. The van der Waals surface area contributed by atoms with Crippen molar-refractivity contribution in [1.82, 2.24) is 14.1 Å². The molecule has 0 fully saturated rings. The molecular formula is C21H13F5N4O3. The molecule has 0 radical (unpaired) electrons. The Kier molecular flexibility index (Phi) is 5.15. The van der Waals surface area contributed by atoms with Gasteiger partial charge in [0.1, 0.15) is 17.2 Å². The van der Waals surface area contributed by atoms with Crippen LogP contribution in [0.2, 0.25) is 0 Å². The summed E-state index contributed by atoms with van der Waals surface area (Å²) in [5.74, 6) is -3.01. The van der Waals surface area contributed by atoms with Crippen molar-refractivity contribution in [2.45, 2.75) is 6.18 Å². The lowest BCUT2D eigenvalue weighted by Gasteiger charge is -2.11. The molecular weight excluding hydrogens is 451 g/mol. The maximum absolute atomic E-state index is 13.5. The number of aromatic nitrogens is 3. The Hall–Kier alpha value is -4.22. The van der Waals surface area contributed by atoms with E-state index in [9.17, 15) is 36.3 Å². The predicted octanol–water partition coefficient (Wildman–Crippen LogP) is 3.57. The third kappa shape index (κ3) is 3.90. The third-order valence-electron chi connectivity index (χ3n) is 4.88. The van der Waals surface area contributed by atoms with Crippen molar-refractivity contribution in [2.75, 3.05) is 5.32 Å². The van der Waals surface area contributed by atoms with Gasteiger partial charge >= 0.3 is 11.9 Å². The molecule has 12 heteroatoms. The number of aryl methyl sites for hydroxylation is 1. The average molecular weight is 464 g/mol. The number of halogens is 5. The van der Waals surface area contributed by atoms with Gasteiger partial charge in [0, 0.05) is 18.9 Å². The molecule has 7 nitrogen and oxygen atoms in total. The number of nitrogens with one attached hydrogen (secondary N) is 2. The number of fused-ring (bicyclic) bond motifs is 1. The first-order valence-electron chi connectivity index (χ1n) is 9.26. The lowest BCUT2D eigenvalue weighted by atomic mass is 10.1. The van der Waals surface area contributed by atoms with Gasteiger partial charge in [-0.15, -0.1) is 0 Å². The van der Waals surface area contributed by atoms with Crippen molar-refractivity contribution in [3.63, 3.8) is 0 Å². The largest absolute Gasteiger partial charge is 0.419 e. The Bertz CT molecular complexity index is 1510. The molecule has 0 saturated carbocycles. The minimum atomic E-state index is -4.97. The van der Waals surface area contributed by atoms with Gasteiger partial charge in [-0.1, -0.05) is 0 Å². The summed E-state index contributed by atoms with van der Waals surface area (Å²) in [7, 11) is 1.42. The summed E-state index contributed by atoms with van der Waals surface area (Å²) in [5.41, 5.74) is -3.97. The first-order valence-corrected chi connectivity index (χ1v) is 9.26. The maximum atomic E-state index is 13.5. The Morgan fingerprint density at radius 2 is 1.70 bits per heavy atom. The number of carbonyl (C=O) groups excluding carboxylic acids is 1. The number of benzene rings is 2. The van der Waals surface area contributed by atoms with Crippen molar-refractivity contribution in [2.24, 2.45) is 7.05 Å². The highest BCUT2D eigenvalue weighted by atomic mass is 19.4. The highest BCUT2D eigenvalue weighted by molar-refractivity contribution is 6.11. The molecule has 2 aromatic carbocycles. The van der Waals surface area contributed by atoms with E-state index >= 15 is 0 Å². The first-order chi connectivity index (χ1) is 15.5. The van der Waals surface area contributed by atoms with Crippen LogP contribution >= 0.6 is 0 Å². The van der Waals surface area contributed by atoms with E-state index < -0.39 is 40.5 Å². The quantitative estimate of drug-likeness (QED) is 0.455. The van der Waals surface area contributed by atoms with Crippen LogP contribution in [0.3, 0.4) is 0 Å². The summed E-state index contributed by atoms with van der Waals surface area (Å²) in [6.45, 7) is 0. The fraction of sp³-hybridized carbons (Fsp3) is 0.0952. The summed E-state index contributed by atoms with van der Waals surface area (Å²) in [5, 5.41) is 2.20. The molecule has 0 unspecified atom stereocenters. The van der Waals surface area contributed by atoms with Gasteiger partial charge in [0.2, 0.25) is 0 Å². The van der Waals surface area contributed by atoms with Crippen molar-refractivity contribution >= 4 is 22.6 Å². The molecule has 0 aliphatic heterocycles. The van der Waals surface area contributed by atoms with Gasteiger partial charge in [-0.3, -0.25) is 9.59 Å². The van der Waals surface area contributed by atoms with Crippen LogP contribution in [0.25, 0.3) is 16.7 Å². The van der Waals surface area contributed by atoms with E-state index in [0.29, 0.717) is 12.1 Å². The van der Waals surface area contributed by atoms with Crippen LogP contribution < -0.4 is 16.6 Å². The van der Waals surface area contributed by atoms with E-state index in [1.807, 2.05) is 0 Å². The Morgan fingerprint density at radius 1 is 1.03 bits per heavy atom. The van der Waals surface area contributed by atoms with Gasteiger partial charge < -0.3 is 14.9 Å². The number of aromatic amines is 1. The van der Waals surface area contributed by atoms with E-state index in [1.165, 1.54) is 29.9 Å². The van der Waals surface area contributed by atoms with Crippen LogP contribution in [0.5, 0.6) is 0 Å². The van der Waals surface area contributed by atoms with E-state index in [0.717, 1.165) is 22.8 Å². The zero-order valence-electron chi connectivity index (χ0n) is 16.6. The molecule has 0 spiro atoms. The topological polar surface area (TPSA) is 88.9 Å². The monoisotopic (exact) mass is 464 g/mol. The van der Waals surface area contributed by atoms with Crippen LogP contribution in [-0.4, -0.2) is 20.0 Å². The van der Waals surface area contributed by atoms with Crippen molar-refractivity contribution < 1.29 is 26.7 Å². The highest BCUT2D eigenvalue weighted by Crippen LogP contribution is 2.33. The molecule has 170 valence electrons. The summed E-state index contributed by atoms with van der Waals surface area (Å²) in [4.78, 5) is 40.7.